The van der Waals surface area contributed by atoms with Gasteiger partial charge in [-0.25, -0.2) is 8.42 Å². The fourth-order valence-corrected chi connectivity index (χ4v) is 1.31. The topological polar surface area (TPSA) is 79.3 Å². The van der Waals surface area contributed by atoms with Gasteiger partial charge >= 0.3 is 29.6 Å². The van der Waals surface area contributed by atoms with E-state index in [1.807, 2.05) is 0 Å². The maximum Gasteiger partial charge on any atom is 1.00 e. The Morgan fingerprint density at radius 1 is 1.57 bits per heavy atom. The van der Waals surface area contributed by atoms with E-state index in [0.717, 1.165) is 0 Å². The SMILES string of the molecule is C[C@H](OS(=O)(=O)[O-])c1cccnc1.[Na+]. The number of rotatable bonds is 3. The molecule has 0 saturated carbocycles. The summed E-state index contributed by atoms with van der Waals surface area (Å²) in [5, 5.41) is 0. The third kappa shape index (κ3) is 5.04. The summed E-state index contributed by atoms with van der Waals surface area (Å²) < 4.78 is 34.9. The molecule has 7 heteroatoms. The molecule has 72 valence electrons. The van der Waals surface area contributed by atoms with Gasteiger partial charge in [0.25, 0.3) is 0 Å². The maximum absolute atomic E-state index is 10.2. The first kappa shape index (κ1) is 14.0. The van der Waals surface area contributed by atoms with Gasteiger partial charge in [-0.3, -0.25) is 9.17 Å². The zero-order chi connectivity index (χ0) is 9.90. The molecule has 0 N–H and O–H groups in total. The second-order valence-corrected chi connectivity index (χ2v) is 3.44. The smallest absolute Gasteiger partial charge is 0.726 e. The predicted octanol–water partition coefficient (Wildman–Crippen LogP) is -2.38. The zero-order valence-electron chi connectivity index (χ0n) is 7.88. The van der Waals surface area contributed by atoms with Gasteiger partial charge in [-0.1, -0.05) is 6.07 Å². The summed E-state index contributed by atoms with van der Waals surface area (Å²) >= 11 is 0. The normalized spacial score (nSPS) is 13.0. The first-order valence-electron chi connectivity index (χ1n) is 3.53. The average Bonchev–Trinajstić information content (AvgIpc) is 2.03. The van der Waals surface area contributed by atoms with Crippen molar-refractivity contribution in [2.75, 3.05) is 0 Å². The van der Waals surface area contributed by atoms with Crippen LogP contribution in [0.4, 0.5) is 0 Å². The van der Waals surface area contributed by atoms with Gasteiger partial charge in [0.1, 0.15) is 0 Å². The molecule has 14 heavy (non-hydrogen) atoms. The van der Waals surface area contributed by atoms with Crippen molar-refractivity contribution >= 4 is 10.4 Å². The van der Waals surface area contributed by atoms with Crippen LogP contribution in [0.3, 0.4) is 0 Å². The zero-order valence-corrected chi connectivity index (χ0v) is 10.7. The van der Waals surface area contributed by atoms with Crippen molar-refractivity contribution in [3.05, 3.63) is 30.1 Å². The second kappa shape index (κ2) is 5.79. The Bertz CT molecular complexity index is 367. The Labute approximate surface area is 105 Å². The van der Waals surface area contributed by atoms with E-state index in [9.17, 15) is 13.0 Å². The number of aromatic nitrogens is 1. The molecule has 0 unspecified atom stereocenters. The van der Waals surface area contributed by atoms with Crippen molar-refractivity contribution in [3.8, 4) is 0 Å². The van der Waals surface area contributed by atoms with E-state index in [2.05, 4.69) is 9.17 Å². The van der Waals surface area contributed by atoms with Crippen molar-refractivity contribution in [1.82, 2.24) is 4.98 Å². The van der Waals surface area contributed by atoms with E-state index in [1.165, 1.54) is 13.1 Å². The van der Waals surface area contributed by atoms with Crippen LogP contribution in [0, 0.1) is 0 Å². The Hall–Kier alpha value is 0.0200. The van der Waals surface area contributed by atoms with Gasteiger partial charge in [0.05, 0.1) is 6.10 Å². The number of pyridine rings is 1. The molecule has 0 bridgehead atoms. The summed E-state index contributed by atoms with van der Waals surface area (Å²) in [6.07, 6.45) is 2.19. The third-order valence-electron chi connectivity index (χ3n) is 1.42. The molecule has 1 heterocycles. The van der Waals surface area contributed by atoms with Crippen LogP contribution in [-0.4, -0.2) is 18.0 Å². The van der Waals surface area contributed by atoms with Gasteiger partial charge in [-0.2, -0.15) is 0 Å². The van der Waals surface area contributed by atoms with Gasteiger partial charge in [-0.05, 0) is 13.0 Å². The number of hydrogen-bond acceptors (Lipinski definition) is 5. The van der Waals surface area contributed by atoms with Crippen LogP contribution >= 0.6 is 0 Å². The quantitative estimate of drug-likeness (QED) is 0.326. The van der Waals surface area contributed by atoms with E-state index in [1.54, 1.807) is 18.3 Å². The monoisotopic (exact) mass is 225 g/mol. The summed E-state index contributed by atoms with van der Waals surface area (Å²) in [5.74, 6) is 0. The van der Waals surface area contributed by atoms with Crippen LogP contribution in [0.5, 0.6) is 0 Å². The molecule has 0 aliphatic rings. The average molecular weight is 225 g/mol. The molecule has 1 atom stereocenters. The maximum atomic E-state index is 10.2. The summed E-state index contributed by atoms with van der Waals surface area (Å²) in [6.45, 7) is 1.46. The number of nitrogens with zero attached hydrogens (tertiary/aromatic N) is 1. The van der Waals surface area contributed by atoms with Crippen LogP contribution in [0.25, 0.3) is 0 Å². The second-order valence-electron chi connectivity index (χ2n) is 2.43. The van der Waals surface area contributed by atoms with Crippen molar-refractivity contribution in [2.45, 2.75) is 13.0 Å². The van der Waals surface area contributed by atoms with E-state index >= 15 is 0 Å². The van der Waals surface area contributed by atoms with Crippen LogP contribution in [0.2, 0.25) is 0 Å². The van der Waals surface area contributed by atoms with Gasteiger partial charge in [-0.15, -0.1) is 0 Å². The molecule has 1 aromatic heterocycles. The molecule has 0 fully saturated rings. The summed E-state index contributed by atoms with van der Waals surface area (Å²) in [5.41, 5.74) is 0.543. The molecule has 0 radical (unpaired) electrons. The Balaban J connectivity index is 0.00000169. The van der Waals surface area contributed by atoms with E-state index in [4.69, 9.17) is 0 Å². The van der Waals surface area contributed by atoms with Crippen molar-refractivity contribution in [3.63, 3.8) is 0 Å². The van der Waals surface area contributed by atoms with Gasteiger partial charge < -0.3 is 4.55 Å². The molecular weight excluding hydrogens is 217 g/mol. The van der Waals surface area contributed by atoms with Crippen molar-refractivity contribution in [2.24, 2.45) is 0 Å². The molecular formula is C7H8NNaO4S. The summed E-state index contributed by atoms with van der Waals surface area (Å²) in [4.78, 5) is 3.76. The largest absolute Gasteiger partial charge is 1.00 e. The molecule has 0 aromatic carbocycles. The van der Waals surface area contributed by atoms with Gasteiger partial charge in [0, 0.05) is 18.0 Å². The van der Waals surface area contributed by atoms with E-state index < -0.39 is 16.5 Å². The first-order valence-corrected chi connectivity index (χ1v) is 4.86. The third-order valence-corrected chi connectivity index (χ3v) is 1.94. The first-order chi connectivity index (χ1) is 5.99. The van der Waals surface area contributed by atoms with Crippen LogP contribution in [-0.2, 0) is 14.6 Å². The van der Waals surface area contributed by atoms with Crippen LogP contribution < -0.4 is 29.6 Å². The predicted molar refractivity (Wildman–Crippen MR) is 43.4 cm³/mol. The summed E-state index contributed by atoms with van der Waals surface area (Å²) in [6, 6.07) is 3.26. The molecule has 0 spiro atoms. The molecule has 0 saturated heterocycles. The van der Waals surface area contributed by atoms with E-state index in [-0.39, 0.29) is 29.6 Å². The molecule has 0 aliphatic carbocycles. The van der Waals surface area contributed by atoms with Crippen molar-refractivity contribution < 1.29 is 46.7 Å². The van der Waals surface area contributed by atoms with Crippen molar-refractivity contribution in [1.29, 1.82) is 0 Å². The standard InChI is InChI=1S/C7H9NO4S.Na/c1-6(12-13(9,10)11)7-3-2-4-8-5-7;/h2-6H,1H3,(H,9,10,11);/q;+1/p-1/t6-;/m0./s1. The minimum Gasteiger partial charge on any atom is -0.726 e. The van der Waals surface area contributed by atoms with Gasteiger partial charge in [0.2, 0.25) is 10.4 Å². The fraction of sp³-hybridized carbons (Fsp3) is 0.286. The van der Waals surface area contributed by atoms with E-state index in [0.29, 0.717) is 5.56 Å². The minimum absolute atomic E-state index is 0. The molecule has 1 aromatic rings. The Kier molecular flexibility index (Phi) is 5.80. The molecule has 5 nitrogen and oxygen atoms in total. The Morgan fingerprint density at radius 2 is 2.21 bits per heavy atom. The molecule has 0 aliphatic heterocycles. The fourth-order valence-electron chi connectivity index (χ4n) is 0.849. The van der Waals surface area contributed by atoms with Gasteiger partial charge in [0.15, 0.2) is 0 Å². The number of hydrogen-bond donors (Lipinski definition) is 0. The molecule has 0 amide bonds. The molecule has 1 rings (SSSR count). The van der Waals surface area contributed by atoms with Crippen LogP contribution in [0.1, 0.15) is 18.6 Å². The van der Waals surface area contributed by atoms with Crippen LogP contribution in [0.15, 0.2) is 24.5 Å². The Morgan fingerprint density at radius 3 is 2.64 bits per heavy atom. The summed E-state index contributed by atoms with van der Waals surface area (Å²) in [7, 11) is -4.65. The minimum atomic E-state index is -4.65.